The molecule has 6 aromatic rings. The monoisotopic (exact) mass is 445 g/mol. The molecule has 2 nitrogen and oxygen atoms in total. The predicted molar refractivity (Wildman–Crippen MR) is 147 cm³/mol. The lowest BCUT2D eigenvalue weighted by Crippen LogP contribution is -2.56. The standard InChI is InChI=1S/C32H20BNO/c1-2-13-25(14-3-1)34-29-16-8-15-26-27-17-21-9-4-7-12-24(21)20-31(27)35-33(32(26)29)28-18-22-10-5-6-11-23(22)19-30(28)34/h1-20H. The van der Waals surface area contributed by atoms with Crippen molar-refractivity contribution in [3.8, 4) is 16.9 Å². The van der Waals surface area contributed by atoms with Crippen molar-refractivity contribution in [1.82, 2.24) is 0 Å². The Morgan fingerprint density at radius 2 is 1.17 bits per heavy atom. The van der Waals surface area contributed by atoms with Crippen molar-refractivity contribution in [2.45, 2.75) is 0 Å². The smallest absolute Gasteiger partial charge is 0.431 e. The molecule has 0 unspecified atom stereocenters. The Morgan fingerprint density at radius 3 is 1.94 bits per heavy atom. The van der Waals surface area contributed by atoms with Crippen molar-refractivity contribution in [3.05, 3.63) is 121 Å². The van der Waals surface area contributed by atoms with Crippen LogP contribution < -0.4 is 20.5 Å². The van der Waals surface area contributed by atoms with Crippen LogP contribution in [0, 0.1) is 0 Å². The highest BCUT2D eigenvalue weighted by Gasteiger charge is 2.42. The molecule has 0 spiro atoms. The zero-order valence-corrected chi connectivity index (χ0v) is 19.0. The van der Waals surface area contributed by atoms with Crippen LogP contribution in [0.3, 0.4) is 0 Å². The Bertz CT molecular complexity index is 1790. The van der Waals surface area contributed by atoms with E-state index >= 15 is 0 Å². The molecule has 2 aliphatic rings. The minimum Gasteiger partial charge on any atom is -0.551 e. The predicted octanol–water partition coefficient (Wildman–Crippen LogP) is 6.94. The molecule has 0 fully saturated rings. The number of benzene rings is 6. The van der Waals surface area contributed by atoms with Crippen LogP contribution in [0.25, 0.3) is 32.7 Å². The van der Waals surface area contributed by atoms with Gasteiger partial charge in [-0.25, -0.2) is 0 Å². The molecule has 35 heavy (non-hydrogen) atoms. The normalized spacial score (nSPS) is 13.3. The second-order valence-electron chi connectivity index (χ2n) is 9.36. The first kappa shape index (κ1) is 18.9. The molecule has 0 radical (unpaired) electrons. The van der Waals surface area contributed by atoms with Gasteiger partial charge in [-0.3, -0.25) is 0 Å². The second-order valence-corrected chi connectivity index (χ2v) is 9.36. The van der Waals surface area contributed by atoms with Crippen molar-refractivity contribution in [2.75, 3.05) is 4.90 Å². The van der Waals surface area contributed by atoms with Gasteiger partial charge in [-0.1, -0.05) is 84.9 Å². The van der Waals surface area contributed by atoms with Crippen LogP contribution in [0.1, 0.15) is 0 Å². The number of hydrogen-bond acceptors (Lipinski definition) is 2. The second kappa shape index (κ2) is 7.00. The van der Waals surface area contributed by atoms with Gasteiger partial charge >= 0.3 is 6.92 Å². The summed E-state index contributed by atoms with van der Waals surface area (Å²) in [5.74, 6) is 0.950. The molecule has 2 heterocycles. The minimum absolute atomic E-state index is 0.158. The minimum atomic E-state index is -0.158. The lowest BCUT2D eigenvalue weighted by molar-refractivity contribution is 0.591. The number of anilines is 3. The molecule has 162 valence electrons. The Labute approximate surface area is 204 Å². The summed E-state index contributed by atoms with van der Waals surface area (Å²) in [6.45, 7) is -0.158. The molecule has 2 aliphatic heterocycles. The summed E-state index contributed by atoms with van der Waals surface area (Å²) < 4.78 is 6.88. The lowest BCUT2D eigenvalue weighted by Gasteiger charge is -2.39. The average molecular weight is 445 g/mol. The summed E-state index contributed by atoms with van der Waals surface area (Å²) in [5.41, 5.74) is 8.36. The van der Waals surface area contributed by atoms with Gasteiger partial charge in [0.1, 0.15) is 5.75 Å². The van der Waals surface area contributed by atoms with Gasteiger partial charge in [-0.2, -0.15) is 0 Å². The third-order valence-corrected chi connectivity index (χ3v) is 7.40. The highest BCUT2D eigenvalue weighted by atomic mass is 16.4. The van der Waals surface area contributed by atoms with Crippen LogP contribution in [-0.4, -0.2) is 6.92 Å². The number of para-hydroxylation sites is 1. The Balaban J connectivity index is 1.47. The molecular formula is C32H20BNO. The number of rotatable bonds is 1. The Morgan fingerprint density at radius 1 is 0.514 bits per heavy atom. The first-order valence-corrected chi connectivity index (χ1v) is 12.1. The van der Waals surface area contributed by atoms with Crippen LogP contribution in [-0.2, 0) is 0 Å². The van der Waals surface area contributed by atoms with E-state index < -0.39 is 0 Å². The van der Waals surface area contributed by atoms with Crippen LogP contribution in [0.5, 0.6) is 5.75 Å². The van der Waals surface area contributed by atoms with Gasteiger partial charge in [-0.05, 0) is 69.0 Å². The highest BCUT2D eigenvalue weighted by Crippen LogP contribution is 2.44. The van der Waals surface area contributed by atoms with Crippen LogP contribution >= 0.6 is 0 Å². The molecule has 8 rings (SSSR count). The van der Waals surface area contributed by atoms with Gasteiger partial charge in [0, 0.05) is 28.1 Å². The molecule has 0 saturated heterocycles. The Kier molecular flexibility index (Phi) is 3.78. The van der Waals surface area contributed by atoms with Gasteiger partial charge < -0.3 is 9.55 Å². The average Bonchev–Trinajstić information content (AvgIpc) is 2.92. The van der Waals surface area contributed by atoms with Gasteiger partial charge in [0.05, 0.1) is 0 Å². The fourth-order valence-corrected chi connectivity index (χ4v) is 5.83. The molecule has 3 heteroatoms. The molecule has 0 aromatic heterocycles. The number of nitrogens with zero attached hydrogens (tertiary/aromatic N) is 1. The number of hydrogen-bond donors (Lipinski definition) is 0. The maximum Gasteiger partial charge on any atom is 0.431 e. The van der Waals surface area contributed by atoms with E-state index in [1.54, 1.807) is 0 Å². The third kappa shape index (κ3) is 2.67. The molecular weight excluding hydrogens is 425 g/mol. The molecule has 0 N–H and O–H groups in total. The van der Waals surface area contributed by atoms with Crippen molar-refractivity contribution in [3.63, 3.8) is 0 Å². The summed E-state index contributed by atoms with van der Waals surface area (Å²) in [6, 6.07) is 43.5. The van der Waals surface area contributed by atoms with Crippen LogP contribution in [0.15, 0.2) is 121 Å². The summed E-state index contributed by atoms with van der Waals surface area (Å²) >= 11 is 0. The molecule has 0 saturated carbocycles. The summed E-state index contributed by atoms with van der Waals surface area (Å²) in [6.07, 6.45) is 0. The third-order valence-electron chi connectivity index (χ3n) is 7.40. The van der Waals surface area contributed by atoms with E-state index in [1.165, 1.54) is 49.4 Å². The first-order valence-electron chi connectivity index (χ1n) is 12.1. The zero-order valence-electron chi connectivity index (χ0n) is 19.0. The SMILES string of the molecule is c1ccc(N2c3cc4ccccc4cc3B3Oc4cc5ccccc5cc4-c4cccc2c43)cc1. The zero-order chi connectivity index (χ0) is 22.9. The quantitative estimate of drug-likeness (QED) is 0.254. The lowest BCUT2D eigenvalue weighted by atomic mass is 9.49. The van der Waals surface area contributed by atoms with E-state index in [-0.39, 0.29) is 6.92 Å². The van der Waals surface area contributed by atoms with E-state index in [2.05, 4.69) is 126 Å². The molecule has 0 atom stereocenters. The molecule has 0 bridgehead atoms. The van der Waals surface area contributed by atoms with E-state index in [1.807, 2.05) is 0 Å². The molecule has 0 aliphatic carbocycles. The number of fused-ring (bicyclic) bond motifs is 6. The first-order chi connectivity index (χ1) is 17.3. The fourth-order valence-electron chi connectivity index (χ4n) is 5.83. The van der Waals surface area contributed by atoms with Crippen LogP contribution in [0.2, 0.25) is 0 Å². The summed E-state index contributed by atoms with van der Waals surface area (Å²) in [5, 5.41) is 4.89. The van der Waals surface area contributed by atoms with Crippen molar-refractivity contribution >= 4 is 56.4 Å². The van der Waals surface area contributed by atoms with E-state index in [0.717, 1.165) is 17.0 Å². The van der Waals surface area contributed by atoms with Crippen molar-refractivity contribution in [1.29, 1.82) is 0 Å². The van der Waals surface area contributed by atoms with E-state index in [9.17, 15) is 0 Å². The molecule has 6 aromatic carbocycles. The fraction of sp³-hybridized carbons (Fsp3) is 0. The van der Waals surface area contributed by atoms with Crippen molar-refractivity contribution in [2.24, 2.45) is 0 Å². The van der Waals surface area contributed by atoms with E-state index in [0.29, 0.717) is 0 Å². The Hall–Kier alpha value is -4.50. The van der Waals surface area contributed by atoms with Crippen molar-refractivity contribution < 1.29 is 4.65 Å². The van der Waals surface area contributed by atoms with Gasteiger partial charge in [-0.15, -0.1) is 0 Å². The molecule has 0 amide bonds. The maximum absolute atomic E-state index is 6.88. The maximum atomic E-state index is 6.88. The highest BCUT2D eigenvalue weighted by molar-refractivity contribution is 6.85. The van der Waals surface area contributed by atoms with Crippen LogP contribution in [0.4, 0.5) is 17.1 Å². The van der Waals surface area contributed by atoms with E-state index in [4.69, 9.17) is 4.65 Å². The summed E-state index contributed by atoms with van der Waals surface area (Å²) in [7, 11) is 0. The topological polar surface area (TPSA) is 12.5 Å². The summed E-state index contributed by atoms with van der Waals surface area (Å²) in [4.78, 5) is 2.40. The van der Waals surface area contributed by atoms with Gasteiger partial charge in [0.2, 0.25) is 0 Å². The van der Waals surface area contributed by atoms with Gasteiger partial charge in [0.25, 0.3) is 0 Å². The van der Waals surface area contributed by atoms with Gasteiger partial charge in [0.15, 0.2) is 0 Å². The largest absolute Gasteiger partial charge is 0.551 e.